The van der Waals surface area contributed by atoms with Crippen LogP contribution in [0.25, 0.3) is 0 Å². The molecule has 0 spiro atoms. The summed E-state index contributed by atoms with van der Waals surface area (Å²) >= 11 is 7.73. The molecule has 0 atom stereocenters. The zero-order valence-corrected chi connectivity index (χ0v) is 14.5. The van der Waals surface area contributed by atoms with Crippen molar-refractivity contribution in [2.75, 3.05) is 31.8 Å². The van der Waals surface area contributed by atoms with Crippen molar-refractivity contribution < 1.29 is 9.53 Å². The SMILES string of the molecule is COC1(C(=O)Nc2ccc(SC)c(Cl)c2)CCNCC1.Cl. The number of nitrogens with one attached hydrogen (secondary N) is 2. The lowest BCUT2D eigenvalue weighted by Gasteiger charge is -2.34. The Labute approximate surface area is 140 Å². The summed E-state index contributed by atoms with van der Waals surface area (Å²) < 4.78 is 5.50. The number of piperidine rings is 1. The van der Waals surface area contributed by atoms with Crippen molar-refractivity contribution in [3.63, 3.8) is 0 Å². The van der Waals surface area contributed by atoms with Gasteiger partial charge in [0.25, 0.3) is 5.91 Å². The third kappa shape index (κ3) is 4.27. The van der Waals surface area contributed by atoms with Crippen LogP contribution in [0.3, 0.4) is 0 Å². The summed E-state index contributed by atoms with van der Waals surface area (Å²) in [5.41, 5.74) is -0.0385. The van der Waals surface area contributed by atoms with Gasteiger partial charge in [-0.25, -0.2) is 0 Å². The predicted molar refractivity (Wildman–Crippen MR) is 91.0 cm³/mol. The van der Waals surface area contributed by atoms with E-state index >= 15 is 0 Å². The van der Waals surface area contributed by atoms with Crippen molar-refractivity contribution in [2.24, 2.45) is 0 Å². The molecule has 0 unspecified atom stereocenters. The maximum atomic E-state index is 12.5. The Morgan fingerprint density at radius 1 is 1.43 bits per heavy atom. The molecule has 0 bridgehead atoms. The molecule has 1 aromatic carbocycles. The van der Waals surface area contributed by atoms with Crippen LogP contribution in [0.5, 0.6) is 0 Å². The average molecular weight is 351 g/mol. The zero-order chi connectivity index (χ0) is 14.6. The summed E-state index contributed by atoms with van der Waals surface area (Å²) in [6.45, 7) is 1.57. The molecule has 21 heavy (non-hydrogen) atoms. The molecule has 4 nitrogen and oxygen atoms in total. The molecule has 0 radical (unpaired) electrons. The van der Waals surface area contributed by atoms with E-state index in [9.17, 15) is 4.79 Å². The maximum Gasteiger partial charge on any atom is 0.256 e. The minimum absolute atomic E-state index is 0. The van der Waals surface area contributed by atoms with Gasteiger partial charge in [-0.05, 0) is 50.4 Å². The van der Waals surface area contributed by atoms with Crippen molar-refractivity contribution >= 4 is 47.4 Å². The van der Waals surface area contributed by atoms with Crippen LogP contribution in [0.15, 0.2) is 23.1 Å². The fraction of sp³-hybridized carbons (Fsp3) is 0.500. The zero-order valence-electron chi connectivity index (χ0n) is 12.1. The highest BCUT2D eigenvalue weighted by molar-refractivity contribution is 7.98. The summed E-state index contributed by atoms with van der Waals surface area (Å²) in [6, 6.07) is 5.54. The van der Waals surface area contributed by atoms with Crippen molar-refractivity contribution in [3.05, 3.63) is 23.2 Å². The van der Waals surface area contributed by atoms with Crippen LogP contribution in [0.4, 0.5) is 5.69 Å². The Balaban J connectivity index is 0.00000220. The van der Waals surface area contributed by atoms with Gasteiger partial charge in [0.2, 0.25) is 0 Å². The van der Waals surface area contributed by atoms with E-state index in [4.69, 9.17) is 16.3 Å². The molecule has 0 saturated carbocycles. The maximum absolute atomic E-state index is 12.5. The number of halogens is 2. The van der Waals surface area contributed by atoms with Gasteiger partial charge in [0.15, 0.2) is 0 Å². The van der Waals surface area contributed by atoms with Crippen LogP contribution in [0, 0.1) is 0 Å². The molecule has 7 heteroatoms. The van der Waals surface area contributed by atoms with Crippen molar-refractivity contribution in [2.45, 2.75) is 23.3 Å². The van der Waals surface area contributed by atoms with Gasteiger partial charge in [-0.3, -0.25) is 4.79 Å². The van der Waals surface area contributed by atoms with Crippen LogP contribution < -0.4 is 10.6 Å². The number of thioether (sulfide) groups is 1. The van der Waals surface area contributed by atoms with Crippen LogP contribution >= 0.6 is 35.8 Å². The summed E-state index contributed by atoms with van der Waals surface area (Å²) in [5.74, 6) is -0.102. The number of carbonyl (C=O) groups excluding carboxylic acids is 1. The minimum atomic E-state index is -0.740. The van der Waals surface area contributed by atoms with E-state index in [2.05, 4.69) is 10.6 Å². The Morgan fingerprint density at radius 2 is 2.10 bits per heavy atom. The number of anilines is 1. The summed E-state index contributed by atoms with van der Waals surface area (Å²) in [6.07, 6.45) is 3.31. The fourth-order valence-electron chi connectivity index (χ4n) is 2.34. The number of carbonyl (C=O) groups is 1. The largest absolute Gasteiger partial charge is 0.368 e. The summed E-state index contributed by atoms with van der Waals surface area (Å²) in [5, 5.41) is 6.79. The lowest BCUT2D eigenvalue weighted by Crippen LogP contribution is -2.51. The van der Waals surface area contributed by atoms with Gasteiger partial charge in [-0.15, -0.1) is 24.2 Å². The highest BCUT2D eigenvalue weighted by Gasteiger charge is 2.39. The Kier molecular flexibility index (Phi) is 7.30. The van der Waals surface area contributed by atoms with E-state index in [1.165, 1.54) is 0 Å². The summed E-state index contributed by atoms with van der Waals surface area (Å²) in [4.78, 5) is 13.5. The first-order valence-electron chi connectivity index (χ1n) is 6.52. The third-order valence-corrected chi connectivity index (χ3v) is 4.85. The molecule has 2 N–H and O–H groups in total. The minimum Gasteiger partial charge on any atom is -0.368 e. The monoisotopic (exact) mass is 350 g/mol. The first-order chi connectivity index (χ1) is 9.61. The van der Waals surface area contributed by atoms with E-state index in [1.54, 1.807) is 24.9 Å². The van der Waals surface area contributed by atoms with Crippen LogP contribution in [-0.2, 0) is 9.53 Å². The van der Waals surface area contributed by atoms with Gasteiger partial charge in [-0.1, -0.05) is 11.6 Å². The first kappa shape index (κ1) is 18.6. The van der Waals surface area contributed by atoms with Crippen molar-refractivity contribution in [3.8, 4) is 0 Å². The molecule has 1 saturated heterocycles. The topological polar surface area (TPSA) is 50.4 Å². The summed E-state index contributed by atoms with van der Waals surface area (Å²) in [7, 11) is 1.59. The molecule has 1 fully saturated rings. The van der Waals surface area contributed by atoms with Gasteiger partial charge < -0.3 is 15.4 Å². The highest BCUT2D eigenvalue weighted by Crippen LogP contribution is 2.29. The van der Waals surface area contributed by atoms with E-state index in [1.807, 2.05) is 18.4 Å². The number of amides is 1. The number of rotatable bonds is 4. The average Bonchev–Trinajstić information content (AvgIpc) is 2.48. The van der Waals surface area contributed by atoms with Crippen LogP contribution in [0.2, 0.25) is 5.02 Å². The molecule has 0 aromatic heterocycles. The third-order valence-electron chi connectivity index (χ3n) is 3.63. The molecule has 1 aromatic rings. The molecule has 118 valence electrons. The molecule has 1 aliphatic heterocycles. The second-order valence-corrected chi connectivity index (χ2v) is 6.01. The lowest BCUT2D eigenvalue weighted by atomic mass is 9.91. The molecular weight excluding hydrogens is 331 g/mol. The molecule has 1 amide bonds. The fourth-order valence-corrected chi connectivity index (χ4v) is 3.21. The standard InChI is InChI=1S/C14H19ClN2O2S.ClH/c1-19-14(5-7-16-8-6-14)13(18)17-10-3-4-12(20-2)11(15)9-10;/h3-4,9,16H,5-8H2,1-2H3,(H,17,18);1H. The van der Waals surface area contributed by atoms with Gasteiger partial charge in [-0.2, -0.15) is 0 Å². The smallest absolute Gasteiger partial charge is 0.256 e. The second kappa shape index (κ2) is 8.25. The molecule has 0 aliphatic carbocycles. The number of hydrogen-bond donors (Lipinski definition) is 2. The van der Waals surface area contributed by atoms with Crippen LogP contribution in [0.1, 0.15) is 12.8 Å². The predicted octanol–water partition coefficient (Wildman–Crippen LogP) is 3.19. The number of ether oxygens (including phenoxy) is 1. The second-order valence-electron chi connectivity index (χ2n) is 4.75. The van der Waals surface area contributed by atoms with Crippen molar-refractivity contribution in [1.29, 1.82) is 0 Å². The van der Waals surface area contributed by atoms with Gasteiger partial charge in [0.05, 0.1) is 5.02 Å². The van der Waals surface area contributed by atoms with E-state index < -0.39 is 5.60 Å². The van der Waals surface area contributed by atoms with Gasteiger partial charge in [0.1, 0.15) is 5.60 Å². The van der Waals surface area contributed by atoms with Gasteiger partial charge in [0, 0.05) is 17.7 Å². The van der Waals surface area contributed by atoms with Gasteiger partial charge >= 0.3 is 0 Å². The Morgan fingerprint density at radius 3 is 2.62 bits per heavy atom. The molecule has 2 rings (SSSR count). The van der Waals surface area contributed by atoms with E-state index in [0.29, 0.717) is 23.6 Å². The number of hydrogen-bond acceptors (Lipinski definition) is 4. The molecular formula is C14H20Cl2N2O2S. The quantitative estimate of drug-likeness (QED) is 0.818. The van der Waals surface area contributed by atoms with E-state index in [-0.39, 0.29) is 18.3 Å². The normalized spacial score (nSPS) is 16.9. The Bertz CT molecular complexity index is 494. The van der Waals surface area contributed by atoms with Crippen LogP contribution in [-0.4, -0.2) is 38.0 Å². The highest BCUT2D eigenvalue weighted by atomic mass is 35.5. The van der Waals surface area contributed by atoms with Crippen molar-refractivity contribution in [1.82, 2.24) is 5.32 Å². The molecule has 1 heterocycles. The number of benzene rings is 1. The number of methoxy groups -OCH3 is 1. The Hall–Kier alpha value is -0.460. The van der Waals surface area contributed by atoms with E-state index in [0.717, 1.165) is 18.0 Å². The lowest BCUT2D eigenvalue weighted by molar-refractivity contribution is -0.140. The molecule has 1 aliphatic rings. The first-order valence-corrected chi connectivity index (χ1v) is 8.12.